The van der Waals surface area contributed by atoms with E-state index in [1.807, 2.05) is 11.4 Å². The van der Waals surface area contributed by atoms with E-state index in [2.05, 4.69) is 21.0 Å². The SMILES string of the molecule is O=C(Cn1cccn1)c1sccc1Br. The summed E-state index contributed by atoms with van der Waals surface area (Å²) in [6.07, 6.45) is 3.44. The largest absolute Gasteiger partial charge is 0.291 e. The quantitative estimate of drug-likeness (QED) is 0.804. The number of aromatic nitrogens is 2. The maximum absolute atomic E-state index is 11.7. The van der Waals surface area contributed by atoms with Crippen LogP contribution in [0.25, 0.3) is 0 Å². The Morgan fingerprint density at radius 2 is 2.50 bits per heavy atom. The Balaban J connectivity index is 2.14. The van der Waals surface area contributed by atoms with Crippen molar-refractivity contribution in [3.8, 4) is 0 Å². The number of carbonyl (C=O) groups excluding carboxylic acids is 1. The summed E-state index contributed by atoms with van der Waals surface area (Å²) in [6, 6.07) is 3.68. The Hall–Kier alpha value is -0.940. The minimum absolute atomic E-state index is 0.0792. The van der Waals surface area contributed by atoms with E-state index in [4.69, 9.17) is 0 Å². The van der Waals surface area contributed by atoms with Gasteiger partial charge in [0.2, 0.25) is 0 Å². The molecule has 0 bridgehead atoms. The molecule has 0 radical (unpaired) electrons. The third kappa shape index (κ3) is 1.93. The highest BCUT2D eigenvalue weighted by atomic mass is 79.9. The Morgan fingerprint density at radius 3 is 3.07 bits per heavy atom. The third-order valence-electron chi connectivity index (χ3n) is 1.74. The first kappa shape index (κ1) is 9.61. The molecule has 0 spiro atoms. The van der Waals surface area contributed by atoms with Gasteiger partial charge in [0.15, 0.2) is 5.78 Å². The molecule has 5 heteroatoms. The van der Waals surface area contributed by atoms with Gasteiger partial charge in [-0.1, -0.05) is 0 Å². The van der Waals surface area contributed by atoms with Gasteiger partial charge in [-0.15, -0.1) is 11.3 Å². The van der Waals surface area contributed by atoms with Gasteiger partial charge >= 0.3 is 0 Å². The molecule has 2 aromatic heterocycles. The summed E-state index contributed by atoms with van der Waals surface area (Å²) in [5.41, 5.74) is 0. The van der Waals surface area contributed by atoms with Crippen molar-refractivity contribution in [3.05, 3.63) is 39.3 Å². The van der Waals surface area contributed by atoms with E-state index in [0.717, 1.165) is 9.35 Å². The molecule has 0 amide bonds. The molecule has 0 N–H and O–H groups in total. The predicted octanol–water partition coefficient (Wildman–Crippen LogP) is 2.59. The number of halogens is 1. The van der Waals surface area contributed by atoms with Gasteiger partial charge in [-0.25, -0.2) is 0 Å². The van der Waals surface area contributed by atoms with Gasteiger partial charge in [0, 0.05) is 16.9 Å². The number of Topliss-reactive ketones (excluding diaryl/α,β-unsaturated/α-hetero) is 1. The molecule has 2 heterocycles. The molecule has 14 heavy (non-hydrogen) atoms. The van der Waals surface area contributed by atoms with Crippen molar-refractivity contribution in [1.29, 1.82) is 0 Å². The van der Waals surface area contributed by atoms with Crippen molar-refractivity contribution in [3.63, 3.8) is 0 Å². The van der Waals surface area contributed by atoms with Gasteiger partial charge in [-0.2, -0.15) is 5.10 Å². The zero-order valence-corrected chi connectivity index (χ0v) is 9.59. The Labute approximate surface area is 93.5 Å². The van der Waals surface area contributed by atoms with Gasteiger partial charge in [0.25, 0.3) is 0 Å². The van der Waals surface area contributed by atoms with Crippen molar-refractivity contribution < 1.29 is 4.79 Å². The van der Waals surface area contributed by atoms with Crippen LogP contribution in [0.15, 0.2) is 34.4 Å². The first-order chi connectivity index (χ1) is 6.77. The zero-order chi connectivity index (χ0) is 9.97. The van der Waals surface area contributed by atoms with E-state index in [-0.39, 0.29) is 5.78 Å². The van der Waals surface area contributed by atoms with Crippen LogP contribution in [0, 0.1) is 0 Å². The lowest BCUT2D eigenvalue weighted by Gasteiger charge is -1.98. The fraction of sp³-hybridized carbons (Fsp3) is 0.111. The van der Waals surface area contributed by atoms with Crippen LogP contribution < -0.4 is 0 Å². The molecule has 2 rings (SSSR count). The lowest BCUT2D eigenvalue weighted by atomic mass is 10.3. The van der Waals surface area contributed by atoms with Crippen LogP contribution in [0.5, 0.6) is 0 Å². The normalized spacial score (nSPS) is 10.4. The topological polar surface area (TPSA) is 34.9 Å². The van der Waals surface area contributed by atoms with Crippen molar-refractivity contribution in [2.45, 2.75) is 6.54 Å². The number of nitrogens with zero attached hydrogens (tertiary/aromatic N) is 2. The second-order valence-corrected chi connectivity index (χ2v) is 4.49. The van der Waals surface area contributed by atoms with Gasteiger partial charge in [-0.3, -0.25) is 9.48 Å². The van der Waals surface area contributed by atoms with Crippen molar-refractivity contribution >= 4 is 33.0 Å². The standard InChI is InChI=1S/C9H7BrN2OS/c10-7-2-5-14-9(7)8(13)6-12-4-1-3-11-12/h1-5H,6H2. The molecular formula is C9H7BrN2OS. The van der Waals surface area contributed by atoms with Crippen molar-refractivity contribution in [2.24, 2.45) is 0 Å². The summed E-state index contributed by atoms with van der Waals surface area (Å²) in [5.74, 6) is 0.0792. The number of hydrogen-bond acceptors (Lipinski definition) is 3. The predicted molar refractivity (Wildman–Crippen MR) is 58.6 cm³/mol. The molecule has 0 aliphatic heterocycles. The molecule has 0 aromatic carbocycles. The Bertz CT molecular complexity index is 435. The molecule has 0 saturated carbocycles. The molecule has 0 aliphatic rings. The number of hydrogen-bond donors (Lipinski definition) is 0. The minimum atomic E-state index is 0.0792. The van der Waals surface area contributed by atoms with Crippen LogP contribution in [0.4, 0.5) is 0 Å². The maximum Gasteiger partial charge on any atom is 0.195 e. The van der Waals surface area contributed by atoms with E-state index in [1.165, 1.54) is 11.3 Å². The zero-order valence-electron chi connectivity index (χ0n) is 7.18. The number of rotatable bonds is 3. The summed E-state index contributed by atoms with van der Waals surface area (Å²) in [6.45, 7) is 0.298. The Morgan fingerprint density at radius 1 is 1.64 bits per heavy atom. The highest BCUT2D eigenvalue weighted by molar-refractivity contribution is 9.10. The van der Waals surface area contributed by atoms with Crippen LogP contribution >= 0.6 is 27.3 Å². The van der Waals surface area contributed by atoms with Gasteiger partial charge < -0.3 is 0 Å². The van der Waals surface area contributed by atoms with Crippen LogP contribution in [0.1, 0.15) is 9.67 Å². The summed E-state index contributed by atoms with van der Waals surface area (Å²) in [7, 11) is 0. The van der Waals surface area contributed by atoms with Crippen molar-refractivity contribution in [2.75, 3.05) is 0 Å². The fourth-order valence-electron chi connectivity index (χ4n) is 1.11. The number of ketones is 1. The fourth-order valence-corrected chi connectivity index (χ4v) is 2.63. The minimum Gasteiger partial charge on any atom is -0.291 e. The van der Waals surface area contributed by atoms with Gasteiger partial charge in [0.1, 0.15) is 6.54 Å². The highest BCUT2D eigenvalue weighted by Gasteiger charge is 2.11. The lowest BCUT2D eigenvalue weighted by Crippen LogP contribution is -2.09. The van der Waals surface area contributed by atoms with E-state index in [1.54, 1.807) is 23.1 Å². The third-order valence-corrected chi connectivity index (χ3v) is 3.61. The molecule has 0 atom stereocenters. The summed E-state index contributed by atoms with van der Waals surface area (Å²) < 4.78 is 2.48. The molecule has 3 nitrogen and oxygen atoms in total. The lowest BCUT2D eigenvalue weighted by molar-refractivity contribution is 0.0971. The highest BCUT2D eigenvalue weighted by Crippen LogP contribution is 2.23. The second-order valence-electron chi connectivity index (χ2n) is 2.72. The van der Waals surface area contributed by atoms with E-state index in [9.17, 15) is 4.79 Å². The molecule has 2 aromatic rings. The van der Waals surface area contributed by atoms with Crippen molar-refractivity contribution in [1.82, 2.24) is 9.78 Å². The smallest absolute Gasteiger partial charge is 0.195 e. The molecule has 0 aliphatic carbocycles. The van der Waals surface area contributed by atoms with Gasteiger partial charge in [-0.05, 0) is 33.4 Å². The summed E-state index contributed by atoms with van der Waals surface area (Å²) in [4.78, 5) is 12.5. The number of carbonyl (C=O) groups is 1. The van der Waals surface area contributed by atoms with Crippen LogP contribution in [0.2, 0.25) is 0 Å². The van der Waals surface area contributed by atoms with Gasteiger partial charge in [0.05, 0.1) is 4.88 Å². The first-order valence-electron chi connectivity index (χ1n) is 4.01. The van der Waals surface area contributed by atoms with Crippen LogP contribution in [-0.4, -0.2) is 15.6 Å². The van der Waals surface area contributed by atoms with E-state index < -0.39 is 0 Å². The monoisotopic (exact) mass is 270 g/mol. The average Bonchev–Trinajstić information content (AvgIpc) is 2.75. The van der Waals surface area contributed by atoms with E-state index in [0.29, 0.717) is 6.54 Å². The maximum atomic E-state index is 11.7. The van der Waals surface area contributed by atoms with Crippen LogP contribution in [-0.2, 0) is 6.54 Å². The molecule has 0 unspecified atom stereocenters. The average molecular weight is 271 g/mol. The number of thiophene rings is 1. The van der Waals surface area contributed by atoms with Crippen LogP contribution in [0.3, 0.4) is 0 Å². The first-order valence-corrected chi connectivity index (χ1v) is 5.68. The second kappa shape index (κ2) is 4.06. The van der Waals surface area contributed by atoms with E-state index >= 15 is 0 Å². The molecular weight excluding hydrogens is 264 g/mol. The molecule has 72 valence electrons. The molecule has 0 fully saturated rings. The Kier molecular flexibility index (Phi) is 2.79. The molecule has 0 saturated heterocycles. The summed E-state index contributed by atoms with van der Waals surface area (Å²) >= 11 is 4.77. The summed E-state index contributed by atoms with van der Waals surface area (Å²) in [5, 5.41) is 5.87.